The first kappa shape index (κ1) is 27.8. The van der Waals surface area contributed by atoms with Crippen molar-refractivity contribution in [2.45, 2.75) is 78.6 Å². The van der Waals surface area contributed by atoms with Crippen molar-refractivity contribution >= 4 is 18.2 Å². The standard InChI is InChI=1S/C20H34FNO8/c1-9-27-28-13-12-14(21)10-11-15(16(23)26-8)22(17(24)29-19(2,3)4)18(25)30-20(5,6)7/h12,15H,9-11,13H2,1-8H3/b14-12-/t15-/m0/s1. The van der Waals surface area contributed by atoms with E-state index in [0.29, 0.717) is 11.5 Å². The van der Waals surface area contributed by atoms with Crippen LogP contribution in [0, 0.1) is 0 Å². The zero-order valence-electron chi connectivity index (χ0n) is 19.1. The Balaban J connectivity index is 5.64. The van der Waals surface area contributed by atoms with Crippen molar-refractivity contribution in [2.75, 3.05) is 20.3 Å². The molecule has 0 aromatic heterocycles. The Morgan fingerprint density at radius 1 is 0.967 bits per heavy atom. The molecular weight excluding hydrogens is 401 g/mol. The van der Waals surface area contributed by atoms with Gasteiger partial charge in [0.1, 0.15) is 23.9 Å². The van der Waals surface area contributed by atoms with Gasteiger partial charge >= 0.3 is 18.2 Å². The van der Waals surface area contributed by atoms with Crippen molar-refractivity contribution in [1.29, 1.82) is 0 Å². The predicted molar refractivity (Wildman–Crippen MR) is 106 cm³/mol. The topological polar surface area (TPSA) is 101 Å². The minimum absolute atomic E-state index is 0.135. The second-order valence-electron chi connectivity index (χ2n) is 8.25. The van der Waals surface area contributed by atoms with Gasteiger partial charge in [-0.3, -0.25) is 0 Å². The van der Waals surface area contributed by atoms with Gasteiger partial charge in [0.2, 0.25) is 0 Å². The molecule has 0 aliphatic rings. The minimum atomic E-state index is -1.45. The second-order valence-corrected chi connectivity index (χ2v) is 8.25. The smallest absolute Gasteiger partial charge is 0.420 e. The first-order valence-corrected chi connectivity index (χ1v) is 9.63. The van der Waals surface area contributed by atoms with Gasteiger partial charge in [-0.05, 0) is 61.0 Å². The molecule has 0 radical (unpaired) electrons. The number of methoxy groups -OCH3 is 1. The second kappa shape index (κ2) is 12.5. The van der Waals surface area contributed by atoms with Gasteiger partial charge in [-0.1, -0.05) is 0 Å². The van der Waals surface area contributed by atoms with E-state index in [1.807, 2.05) is 0 Å². The summed E-state index contributed by atoms with van der Waals surface area (Å²) in [5, 5.41) is 0. The summed E-state index contributed by atoms with van der Waals surface area (Å²) in [5.74, 6) is -1.53. The highest BCUT2D eigenvalue weighted by Crippen LogP contribution is 2.21. The Hall–Kier alpha value is -2.20. The highest BCUT2D eigenvalue weighted by Gasteiger charge is 2.40. The average Bonchev–Trinajstić information content (AvgIpc) is 2.58. The number of hydrogen-bond donors (Lipinski definition) is 0. The van der Waals surface area contributed by atoms with Crippen LogP contribution in [0.5, 0.6) is 0 Å². The lowest BCUT2D eigenvalue weighted by atomic mass is 10.1. The van der Waals surface area contributed by atoms with Crippen molar-refractivity contribution in [3.63, 3.8) is 0 Å². The maximum atomic E-state index is 14.1. The molecule has 0 rings (SSSR count). The molecular formula is C20H34FNO8. The SMILES string of the molecule is CCOOC/C=C(\F)CC[C@@H](C(=O)OC)N(C(=O)OC(C)(C)C)C(=O)OC(C)(C)C. The van der Waals surface area contributed by atoms with Crippen LogP contribution >= 0.6 is 0 Å². The molecule has 0 aliphatic carbocycles. The third kappa shape index (κ3) is 11.7. The highest BCUT2D eigenvalue weighted by atomic mass is 19.1. The summed E-state index contributed by atoms with van der Waals surface area (Å²) in [7, 11) is 1.10. The Kier molecular flexibility index (Phi) is 11.6. The Morgan fingerprint density at radius 3 is 1.87 bits per heavy atom. The lowest BCUT2D eigenvalue weighted by Gasteiger charge is -2.32. The molecule has 9 nitrogen and oxygen atoms in total. The normalized spacial score (nSPS) is 13.4. The number of carbonyl (C=O) groups is 3. The van der Waals surface area contributed by atoms with Gasteiger partial charge in [0, 0.05) is 6.42 Å². The van der Waals surface area contributed by atoms with Gasteiger partial charge < -0.3 is 14.2 Å². The molecule has 0 aromatic carbocycles. The first-order valence-electron chi connectivity index (χ1n) is 9.63. The largest absolute Gasteiger partial charge is 0.467 e. The molecule has 10 heteroatoms. The number of esters is 1. The molecule has 0 N–H and O–H groups in total. The first-order chi connectivity index (χ1) is 13.7. The van der Waals surface area contributed by atoms with Crippen LogP contribution in [0.25, 0.3) is 0 Å². The van der Waals surface area contributed by atoms with Crippen LogP contribution in [0.2, 0.25) is 0 Å². The number of allylic oxidation sites excluding steroid dienone is 1. The van der Waals surface area contributed by atoms with Crippen LogP contribution in [0.4, 0.5) is 14.0 Å². The maximum Gasteiger partial charge on any atom is 0.420 e. The van der Waals surface area contributed by atoms with E-state index in [1.165, 1.54) is 0 Å². The minimum Gasteiger partial charge on any atom is -0.467 e. The Bertz CT molecular complexity index is 579. The lowest BCUT2D eigenvalue weighted by molar-refractivity contribution is -0.282. The number of halogens is 1. The van der Waals surface area contributed by atoms with Crippen LogP contribution in [-0.4, -0.2) is 60.6 Å². The summed E-state index contributed by atoms with van der Waals surface area (Å²) in [6.07, 6.45) is -1.60. The van der Waals surface area contributed by atoms with E-state index in [1.54, 1.807) is 48.5 Å². The van der Waals surface area contributed by atoms with E-state index >= 15 is 0 Å². The number of hydrogen-bond acceptors (Lipinski definition) is 8. The van der Waals surface area contributed by atoms with Crippen LogP contribution in [0.1, 0.15) is 61.3 Å². The van der Waals surface area contributed by atoms with Crippen molar-refractivity contribution in [2.24, 2.45) is 0 Å². The predicted octanol–water partition coefficient (Wildman–Crippen LogP) is 4.30. The number of nitrogens with zero attached hydrogens (tertiary/aromatic N) is 1. The molecule has 174 valence electrons. The maximum absolute atomic E-state index is 14.1. The molecule has 0 unspecified atom stereocenters. The monoisotopic (exact) mass is 435 g/mol. The lowest BCUT2D eigenvalue weighted by Crippen LogP contribution is -2.52. The van der Waals surface area contributed by atoms with Gasteiger partial charge in [-0.25, -0.2) is 28.5 Å². The van der Waals surface area contributed by atoms with Crippen molar-refractivity contribution in [1.82, 2.24) is 4.90 Å². The van der Waals surface area contributed by atoms with Crippen molar-refractivity contribution in [3.05, 3.63) is 11.9 Å². The van der Waals surface area contributed by atoms with Crippen LogP contribution in [-0.2, 0) is 28.8 Å². The quantitative estimate of drug-likeness (QED) is 0.174. The molecule has 30 heavy (non-hydrogen) atoms. The van der Waals surface area contributed by atoms with Gasteiger partial charge in [-0.2, -0.15) is 4.90 Å². The highest BCUT2D eigenvalue weighted by molar-refractivity contribution is 5.94. The third-order valence-electron chi connectivity index (χ3n) is 3.20. The number of imide groups is 1. The van der Waals surface area contributed by atoms with Crippen molar-refractivity contribution in [3.8, 4) is 0 Å². The summed E-state index contributed by atoms with van der Waals surface area (Å²) in [5.41, 5.74) is -1.89. The third-order valence-corrected chi connectivity index (χ3v) is 3.20. The molecule has 1 atom stereocenters. The van der Waals surface area contributed by atoms with Gasteiger partial charge in [0.15, 0.2) is 0 Å². The van der Waals surface area contributed by atoms with Crippen LogP contribution < -0.4 is 0 Å². The van der Waals surface area contributed by atoms with E-state index in [0.717, 1.165) is 13.2 Å². The van der Waals surface area contributed by atoms with Gasteiger partial charge in [0.05, 0.1) is 19.5 Å². The summed E-state index contributed by atoms with van der Waals surface area (Å²) < 4.78 is 29.3. The van der Waals surface area contributed by atoms with Crippen molar-refractivity contribution < 1.29 is 42.8 Å². The molecule has 0 saturated heterocycles. The summed E-state index contributed by atoms with van der Waals surface area (Å²) in [6, 6.07) is -1.45. The van der Waals surface area contributed by atoms with E-state index in [4.69, 9.17) is 19.1 Å². The van der Waals surface area contributed by atoms with E-state index in [-0.39, 0.29) is 19.4 Å². The zero-order chi connectivity index (χ0) is 23.5. The fourth-order valence-corrected chi connectivity index (χ4v) is 2.07. The van der Waals surface area contributed by atoms with E-state index < -0.39 is 41.2 Å². The average molecular weight is 435 g/mol. The fourth-order valence-electron chi connectivity index (χ4n) is 2.07. The summed E-state index contributed by atoms with van der Waals surface area (Å²) >= 11 is 0. The Morgan fingerprint density at radius 2 is 1.47 bits per heavy atom. The zero-order valence-corrected chi connectivity index (χ0v) is 19.1. The van der Waals surface area contributed by atoms with E-state index in [9.17, 15) is 18.8 Å². The molecule has 2 amide bonds. The molecule has 0 heterocycles. The summed E-state index contributed by atoms with van der Waals surface area (Å²) in [6.45, 7) is 11.5. The van der Waals surface area contributed by atoms with Crippen LogP contribution in [0.3, 0.4) is 0 Å². The fraction of sp³-hybridized carbons (Fsp3) is 0.750. The molecule has 0 fully saturated rings. The molecule has 0 saturated carbocycles. The molecule has 0 aromatic rings. The molecule has 0 aliphatic heterocycles. The molecule has 0 bridgehead atoms. The number of ether oxygens (including phenoxy) is 3. The van der Waals surface area contributed by atoms with Gasteiger partial charge in [-0.15, -0.1) is 0 Å². The van der Waals surface area contributed by atoms with E-state index in [2.05, 4.69) is 4.89 Å². The van der Waals surface area contributed by atoms with Crippen LogP contribution in [0.15, 0.2) is 11.9 Å². The summed E-state index contributed by atoms with van der Waals surface area (Å²) in [4.78, 5) is 47.6. The number of rotatable bonds is 9. The number of carbonyl (C=O) groups excluding carboxylic acids is 3. The number of amides is 2. The van der Waals surface area contributed by atoms with Gasteiger partial charge in [0.25, 0.3) is 0 Å². The molecule has 0 spiro atoms. The Labute approximate surface area is 177 Å².